The minimum absolute atomic E-state index is 0.141. The Labute approximate surface area is 100 Å². The molecule has 0 bridgehead atoms. The first kappa shape index (κ1) is 12.3. The number of sulfone groups is 1. The molecule has 2 rings (SSSR count). The molecule has 1 aliphatic heterocycles. The highest BCUT2D eigenvalue weighted by atomic mass is 32.2. The smallest absolute Gasteiger partial charge is 0.153 e. The van der Waals surface area contributed by atoms with Gasteiger partial charge in [-0.2, -0.15) is 0 Å². The summed E-state index contributed by atoms with van der Waals surface area (Å²) in [6.45, 7) is 0. The van der Waals surface area contributed by atoms with E-state index < -0.39 is 15.4 Å². The number of rotatable bonds is 2. The van der Waals surface area contributed by atoms with Crippen molar-refractivity contribution in [2.24, 2.45) is 0 Å². The molecule has 4 nitrogen and oxygen atoms in total. The molecular weight excluding hydrogens is 240 g/mol. The SMILES string of the molecule is O=Cc1ccc(C2(O)CCCS(=O)(=O)C2)cc1. The molecule has 0 saturated carbocycles. The lowest BCUT2D eigenvalue weighted by molar-refractivity contribution is 0.0467. The van der Waals surface area contributed by atoms with Crippen LogP contribution in [0.2, 0.25) is 0 Å². The van der Waals surface area contributed by atoms with Crippen molar-refractivity contribution in [2.45, 2.75) is 18.4 Å². The van der Waals surface area contributed by atoms with Crippen molar-refractivity contribution >= 4 is 16.1 Å². The molecule has 1 saturated heterocycles. The van der Waals surface area contributed by atoms with E-state index in [1.807, 2.05) is 0 Å². The third-order valence-corrected chi connectivity index (χ3v) is 4.92. The third-order valence-electron chi connectivity index (χ3n) is 3.09. The normalized spacial score (nSPS) is 27.6. The average molecular weight is 254 g/mol. The van der Waals surface area contributed by atoms with Crippen LogP contribution in [-0.2, 0) is 15.4 Å². The maximum Gasteiger partial charge on any atom is 0.153 e. The van der Waals surface area contributed by atoms with E-state index in [1.54, 1.807) is 24.3 Å². The van der Waals surface area contributed by atoms with Gasteiger partial charge in [0.25, 0.3) is 0 Å². The summed E-state index contributed by atoms with van der Waals surface area (Å²) < 4.78 is 23.1. The van der Waals surface area contributed by atoms with Gasteiger partial charge in [0.2, 0.25) is 0 Å². The van der Waals surface area contributed by atoms with Gasteiger partial charge in [-0.15, -0.1) is 0 Å². The van der Waals surface area contributed by atoms with E-state index in [-0.39, 0.29) is 11.5 Å². The van der Waals surface area contributed by atoms with Gasteiger partial charge in [-0.25, -0.2) is 8.42 Å². The van der Waals surface area contributed by atoms with Gasteiger partial charge in [-0.3, -0.25) is 4.79 Å². The Balaban J connectivity index is 2.33. The number of aldehydes is 1. The van der Waals surface area contributed by atoms with Crippen molar-refractivity contribution in [2.75, 3.05) is 11.5 Å². The second-order valence-corrected chi connectivity index (χ2v) is 6.65. The van der Waals surface area contributed by atoms with Crippen molar-refractivity contribution in [3.8, 4) is 0 Å². The predicted octanol–water partition coefficient (Wildman–Crippen LogP) is 0.895. The van der Waals surface area contributed by atoms with Crippen molar-refractivity contribution in [3.63, 3.8) is 0 Å². The number of hydrogen-bond acceptors (Lipinski definition) is 4. The monoisotopic (exact) mass is 254 g/mol. The Morgan fingerprint density at radius 3 is 2.41 bits per heavy atom. The third kappa shape index (κ3) is 2.56. The quantitative estimate of drug-likeness (QED) is 0.796. The Hall–Kier alpha value is -1.20. The molecule has 1 heterocycles. The topological polar surface area (TPSA) is 71.4 Å². The highest BCUT2D eigenvalue weighted by Crippen LogP contribution is 2.32. The van der Waals surface area contributed by atoms with E-state index in [1.165, 1.54) is 0 Å². The minimum Gasteiger partial charge on any atom is -0.384 e. The molecule has 5 heteroatoms. The van der Waals surface area contributed by atoms with E-state index in [0.29, 0.717) is 30.3 Å². The summed E-state index contributed by atoms with van der Waals surface area (Å²) in [6, 6.07) is 6.40. The highest BCUT2D eigenvalue weighted by molar-refractivity contribution is 7.91. The van der Waals surface area contributed by atoms with Gasteiger partial charge in [0.05, 0.1) is 11.5 Å². The zero-order chi connectivity index (χ0) is 12.5. The lowest BCUT2D eigenvalue weighted by Crippen LogP contribution is -2.39. The maximum atomic E-state index is 11.5. The van der Waals surface area contributed by atoms with Crippen LogP contribution in [0.1, 0.15) is 28.8 Å². The lowest BCUT2D eigenvalue weighted by atomic mass is 9.90. The summed E-state index contributed by atoms with van der Waals surface area (Å²) in [6.07, 6.45) is 1.62. The number of benzene rings is 1. The highest BCUT2D eigenvalue weighted by Gasteiger charge is 2.38. The number of carbonyl (C=O) groups excluding carboxylic acids is 1. The fourth-order valence-corrected chi connectivity index (χ4v) is 3.96. The van der Waals surface area contributed by atoms with E-state index in [4.69, 9.17) is 0 Å². The zero-order valence-corrected chi connectivity index (χ0v) is 10.1. The molecule has 1 atom stereocenters. The maximum absolute atomic E-state index is 11.5. The summed E-state index contributed by atoms with van der Waals surface area (Å²) in [5, 5.41) is 10.4. The van der Waals surface area contributed by atoms with Gasteiger partial charge in [0.1, 0.15) is 11.9 Å². The Kier molecular flexibility index (Phi) is 3.05. The average Bonchev–Trinajstić information content (AvgIpc) is 2.27. The summed E-state index contributed by atoms with van der Waals surface area (Å²) in [7, 11) is -3.17. The lowest BCUT2D eigenvalue weighted by Gasteiger charge is -2.32. The van der Waals surface area contributed by atoms with Crippen molar-refractivity contribution < 1.29 is 18.3 Å². The van der Waals surface area contributed by atoms with Crippen LogP contribution in [0.15, 0.2) is 24.3 Å². The van der Waals surface area contributed by atoms with E-state index in [0.717, 1.165) is 0 Å². The van der Waals surface area contributed by atoms with Crippen LogP contribution in [0.5, 0.6) is 0 Å². The van der Waals surface area contributed by atoms with Crippen LogP contribution < -0.4 is 0 Å². The molecule has 1 aromatic carbocycles. The number of hydrogen-bond donors (Lipinski definition) is 1. The molecule has 1 aromatic rings. The largest absolute Gasteiger partial charge is 0.384 e. The van der Waals surface area contributed by atoms with Crippen LogP contribution in [0.25, 0.3) is 0 Å². The first-order valence-electron chi connectivity index (χ1n) is 5.44. The van der Waals surface area contributed by atoms with Gasteiger partial charge < -0.3 is 5.11 Å². The van der Waals surface area contributed by atoms with Crippen LogP contribution in [0.3, 0.4) is 0 Å². The summed E-state index contributed by atoms with van der Waals surface area (Å²) in [5.41, 5.74) is -0.235. The second-order valence-electron chi connectivity index (χ2n) is 4.47. The van der Waals surface area contributed by atoms with Gasteiger partial charge in [-0.05, 0) is 18.4 Å². The first-order chi connectivity index (χ1) is 7.95. The number of carbonyl (C=O) groups is 1. The standard InChI is InChI=1S/C12H14O4S/c13-8-10-2-4-11(5-3-10)12(14)6-1-7-17(15,16)9-12/h2-5,8,14H,1,6-7,9H2. The Morgan fingerprint density at radius 1 is 1.24 bits per heavy atom. The van der Waals surface area contributed by atoms with Gasteiger partial charge in [-0.1, -0.05) is 24.3 Å². The first-order valence-corrected chi connectivity index (χ1v) is 7.26. The molecular formula is C12H14O4S. The molecule has 1 N–H and O–H groups in total. The van der Waals surface area contributed by atoms with Crippen molar-refractivity contribution in [1.29, 1.82) is 0 Å². The molecule has 0 amide bonds. The molecule has 1 aliphatic rings. The molecule has 0 spiro atoms. The van der Waals surface area contributed by atoms with E-state index in [2.05, 4.69) is 0 Å². The second kappa shape index (κ2) is 4.23. The fraction of sp³-hybridized carbons (Fsp3) is 0.417. The van der Waals surface area contributed by atoms with Gasteiger partial charge in [0.15, 0.2) is 9.84 Å². The van der Waals surface area contributed by atoms with Gasteiger partial charge >= 0.3 is 0 Å². The van der Waals surface area contributed by atoms with E-state index in [9.17, 15) is 18.3 Å². The van der Waals surface area contributed by atoms with E-state index >= 15 is 0 Å². The molecule has 0 radical (unpaired) electrons. The molecule has 0 aliphatic carbocycles. The zero-order valence-electron chi connectivity index (χ0n) is 9.30. The van der Waals surface area contributed by atoms with Crippen molar-refractivity contribution in [3.05, 3.63) is 35.4 Å². The summed E-state index contributed by atoms with van der Waals surface area (Å²) >= 11 is 0. The molecule has 92 valence electrons. The van der Waals surface area contributed by atoms with Crippen LogP contribution in [0.4, 0.5) is 0 Å². The summed E-state index contributed by atoms with van der Waals surface area (Å²) in [4.78, 5) is 10.5. The van der Waals surface area contributed by atoms with Gasteiger partial charge in [0, 0.05) is 5.56 Å². The van der Waals surface area contributed by atoms with Crippen LogP contribution in [0, 0.1) is 0 Å². The van der Waals surface area contributed by atoms with Crippen LogP contribution in [-0.4, -0.2) is 31.3 Å². The van der Waals surface area contributed by atoms with Crippen molar-refractivity contribution in [1.82, 2.24) is 0 Å². The summed E-state index contributed by atoms with van der Waals surface area (Å²) in [5.74, 6) is -0.0951. The Bertz CT molecular complexity index is 518. The minimum atomic E-state index is -3.17. The fourth-order valence-electron chi connectivity index (χ4n) is 2.19. The Morgan fingerprint density at radius 2 is 1.88 bits per heavy atom. The molecule has 1 unspecified atom stereocenters. The molecule has 1 fully saturated rings. The van der Waals surface area contributed by atoms with Crippen LogP contribution >= 0.6 is 0 Å². The number of aliphatic hydroxyl groups is 1. The molecule has 0 aromatic heterocycles. The molecule has 17 heavy (non-hydrogen) atoms. The predicted molar refractivity (Wildman–Crippen MR) is 63.6 cm³/mol.